The van der Waals surface area contributed by atoms with Crippen LogP contribution in [0.5, 0.6) is 11.5 Å². The lowest BCUT2D eigenvalue weighted by molar-refractivity contribution is -0.119. The second-order valence-electron chi connectivity index (χ2n) is 7.97. The summed E-state index contributed by atoms with van der Waals surface area (Å²) in [6.45, 7) is 3.65. The van der Waals surface area contributed by atoms with E-state index in [0.717, 1.165) is 9.87 Å². The molecular formula is C26H29N3O5S. The first-order valence-corrected chi connectivity index (χ1v) is 12.4. The Morgan fingerprint density at radius 3 is 2.29 bits per heavy atom. The summed E-state index contributed by atoms with van der Waals surface area (Å²) in [4.78, 5) is 12.8. The Labute approximate surface area is 206 Å². The largest absolute Gasteiger partial charge is 0.497 e. The van der Waals surface area contributed by atoms with Crippen LogP contribution >= 0.6 is 0 Å². The molecule has 0 unspecified atom stereocenters. The number of methoxy groups -OCH3 is 2. The highest BCUT2D eigenvalue weighted by molar-refractivity contribution is 7.92. The van der Waals surface area contributed by atoms with E-state index in [2.05, 4.69) is 24.4 Å². The lowest BCUT2D eigenvalue weighted by atomic mass is 10.0. The lowest BCUT2D eigenvalue weighted by Gasteiger charge is -2.24. The van der Waals surface area contributed by atoms with Crippen molar-refractivity contribution in [1.29, 1.82) is 0 Å². The lowest BCUT2D eigenvalue weighted by Crippen LogP contribution is -2.39. The number of anilines is 1. The van der Waals surface area contributed by atoms with E-state index in [0.29, 0.717) is 22.7 Å². The smallest absolute Gasteiger partial charge is 0.264 e. The number of nitrogens with one attached hydrogen (secondary N) is 1. The number of benzene rings is 3. The van der Waals surface area contributed by atoms with Crippen LogP contribution in [0.2, 0.25) is 0 Å². The molecule has 35 heavy (non-hydrogen) atoms. The van der Waals surface area contributed by atoms with Gasteiger partial charge in [-0.05, 0) is 53.9 Å². The molecule has 0 spiro atoms. The monoisotopic (exact) mass is 495 g/mol. The summed E-state index contributed by atoms with van der Waals surface area (Å²) in [5.74, 6) is 0.830. The molecule has 3 aromatic rings. The number of nitrogens with zero attached hydrogens (tertiary/aromatic N) is 2. The normalized spacial score (nSPS) is 11.5. The molecular weight excluding hydrogens is 466 g/mol. The van der Waals surface area contributed by atoms with Crippen LogP contribution in [-0.4, -0.2) is 41.3 Å². The molecule has 0 aliphatic carbocycles. The Morgan fingerprint density at radius 2 is 1.69 bits per heavy atom. The maximum Gasteiger partial charge on any atom is 0.264 e. The fourth-order valence-electron chi connectivity index (χ4n) is 3.34. The Morgan fingerprint density at radius 1 is 1.00 bits per heavy atom. The van der Waals surface area contributed by atoms with Crippen molar-refractivity contribution in [3.8, 4) is 11.5 Å². The van der Waals surface area contributed by atoms with E-state index < -0.39 is 22.5 Å². The molecule has 3 aromatic carbocycles. The fourth-order valence-corrected chi connectivity index (χ4v) is 4.78. The summed E-state index contributed by atoms with van der Waals surface area (Å²) >= 11 is 0. The number of hydrogen-bond donors (Lipinski definition) is 1. The summed E-state index contributed by atoms with van der Waals surface area (Å²) in [5, 5.41) is 3.98. The van der Waals surface area contributed by atoms with Crippen LogP contribution < -0.4 is 19.2 Å². The first kappa shape index (κ1) is 25.8. The SMILES string of the molecule is COc1ccc(OC)c(/C=N\NC(=O)CN(c2ccc(C(C)C)cc2)S(=O)(=O)c2ccccc2)c1. The molecule has 0 fully saturated rings. The van der Waals surface area contributed by atoms with Crippen molar-refractivity contribution < 1.29 is 22.7 Å². The Hall–Kier alpha value is -3.85. The number of hydrogen-bond acceptors (Lipinski definition) is 6. The van der Waals surface area contributed by atoms with Gasteiger partial charge in [0, 0.05) is 5.56 Å². The number of sulfonamides is 1. The number of hydrazone groups is 1. The van der Waals surface area contributed by atoms with E-state index in [1.54, 1.807) is 55.6 Å². The molecule has 0 heterocycles. The number of ether oxygens (including phenoxy) is 2. The van der Waals surface area contributed by atoms with Crippen molar-refractivity contribution in [1.82, 2.24) is 5.43 Å². The van der Waals surface area contributed by atoms with Gasteiger partial charge in [-0.1, -0.05) is 44.2 Å². The highest BCUT2D eigenvalue weighted by Gasteiger charge is 2.27. The number of amides is 1. The van der Waals surface area contributed by atoms with Gasteiger partial charge in [-0.3, -0.25) is 9.10 Å². The van der Waals surface area contributed by atoms with E-state index in [9.17, 15) is 13.2 Å². The van der Waals surface area contributed by atoms with E-state index in [1.807, 2.05) is 12.1 Å². The van der Waals surface area contributed by atoms with Gasteiger partial charge in [0.25, 0.3) is 15.9 Å². The van der Waals surface area contributed by atoms with E-state index >= 15 is 0 Å². The van der Waals surface area contributed by atoms with Gasteiger partial charge in [0.05, 0.1) is 31.0 Å². The molecule has 0 aliphatic rings. The van der Waals surface area contributed by atoms with Crippen molar-refractivity contribution in [3.05, 3.63) is 83.9 Å². The maximum atomic E-state index is 13.4. The van der Waals surface area contributed by atoms with E-state index in [-0.39, 0.29) is 10.8 Å². The first-order valence-electron chi connectivity index (χ1n) is 11.0. The van der Waals surface area contributed by atoms with Gasteiger partial charge in [-0.15, -0.1) is 0 Å². The molecule has 0 aromatic heterocycles. The number of carbonyl (C=O) groups is 1. The highest BCUT2D eigenvalue weighted by atomic mass is 32.2. The molecule has 3 rings (SSSR count). The zero-order chi connectivity index (χ0) is 25.4. The van der Waals surface area contributed by atoms with E-state index in [4.69, 9.17) is 9.47 Å². The van der Waals surface area contributed by atoms with Gasteiger partial charge in [-0.25, -0.2) is 13.8 Å². The van der Waals surface area contributed by atoms with E-state index in [1.165, 1.54) is 25.5 Å². The first-order chi connectivity index (χ1) is 16.8. The summed E-state index contributed by atoms with van der Waals surface area (Å²) in [6.07, 6.45) is 1.41. The fraction of sp³-hybridized carbons (Fsp3) is 0.231. The molecule has 0 atom stereocenters. The zero-order valence-electron chi connectivity index (χ0n) is 20.1. The Bertz CT molecular complexity index is 1270. The molecule has 0 saturated heterocycles. The standard InChI is InChI=1S/C26H29N3O5S/c1-19(2)20-10-12-22(13-11-20)29(35(31,32)24-8-6-5-7-9-24)18-26(30)28-27-17-21-16-23(33-3)14-15-25(21)34-4/h5-17,19H,18H2,1-4H3,(H,28,30)/b27-17-. The summed E-state index contributed by atoms with van der Waals surface area (Å²) in [6, 6.07) is 20.3. The topological polar surface area (TPSA) is 97.3 Å². The minimum atomic E-state index is -4.00. The molecule has 0 aliphatic heterocycles. The van der Waals surface area contributed by atoms with Crippen molar-refractivity contribution in [2.75, 3.05) is 25.1 Å². The Kier molecular flexibility index (Phi) is 8.48. The van der Waals surface area contributed by atoms with Crippen LogP contribution in [0.3, 0.4) is 0 Å². The predicted molar refractivity (Wildman–Crippen MR) is 137 cm³/mol. The summed E-state index contributed by atoms with van der Waals surface area (Å²) in [5.41, 5.74) is 4.43. The predicted octanol–water partition coefficient (Wildman–Crippen LogP) is 4.17. The third-order valence-electron chi connectivity index (χ3n) is 5.30. The van der Waals surface area contributed by atoms with Crippen LogP contribution in [0, 0.1) is 0 Å². The molecule has 1 amide bonds. The highest BCUT2D eigenvalue weighted by Crippen LogP contribution is 2.26. The van der Waals surface area contributed by atoms with Crippen molar-refractivity contribution in [2.24, 2.45) is 5.10 Å². The average Bonchev–Trinajstić information content (AvgIpc) is 2.87. The molecule has 0 saturated carbocycles. The quantitative estimate of drug-likeness (QED) is 0.336. The van der Waals surface area contributed by atoms with Crippen molar-refractivity contribution >= 4 is 27.8 Å². The molecule has 8 nitrogen and oxygen atoms in total. The maximum absolute atomic E-state index is 13.4. The third kappa shape index (κ3) is 6.39. The Balaban J connectivity index is 1.85. The molecule has 9 heteroatoms. The number of carbonyl (C=O) groups excluding carboxylic acids is 1. The third-order valence-corrected chi connectivity index (χ3v) is 7.08. The van der Waals surface area contributed by atoms with Gasteiger partial charge in [0.1, 0.15) is 18.0 Å². The zero-order valence-corrected chi connectivity index (χ0v) is 21.0. The van der Waals surface area contributed by atoms with Gasteiger partial charge in [0.15, 0.2) is 0 Å². The van der Waals surface area contributed by atoms with Gasteiger partial charge < -0.3 is 9.47 Å². The van der Waals surface area contributed by atoms with Crippen molar-refractivity contribution in [2.45, 2.75) is 24.7 Å². The molecule has 0 radical (unpaired) electrons. The second kappa shape index (κ2) is 11.5. The van der Waals surface area contributed by atoms with Crippen molar-refractivity contribution in [3.63, 3.8) is 0 Å². The average molecular weight is 496 g/mol. The van der Waals surface area contributed by atoms with Crippen LogP contribution in [-0.2, 0) is 14.8 Å². The van der Waals surface area contributed by atoms with Crippen LogP contribution in [0.25, 0.3) is 0 Å². The summed E-state index contributed by atoms with van der Waals surface area (Å²) < 4.78 is 38.4. The van der Waals surface area contributed by atoms with Gasteiger partial charge >= 0.3 is 0 Å². The van der Waals surface area contributed by atoms with Gasteiger partial charge in [0.2, 0.25) is 0 Å². The minimum Gasteiger partial charge on any atom is -0.497 e. The van der Waals surface area contributed by atoms with Crippen LogP contribution in [0.1, 0.15) is 30.9 Å². The summed E-state index contributed by atoms with van der Waals surface area (Å²) in [7, 11) is -0.931. The van der Waals surface area contributed by atoms with Crippen LogP contribution in [0.4, 0.5) is 5.69 Å². The van der Waals surface area contributed by atoms with Crippen LogP contribution in [0.15, 0.2) is 82.8 Å². The number of rotatable bonds is 10. The molecule has 1 N–H and O–H groups in total. The molecule has 184 valence electrons. The second-order valence-corrected chi connectivity index (χ2v) is 9.83. The van der Waals surface area contributed by atoms with Gasteiger partial charge in [-0.2, -0.15) is 5.10 Å². The molecule has 0 bridgehead atoms. The minimum absolute atomic E-state index is 0.0883.